The third-order valence-electron chi connectivity index (χ3n) is 2.27. The highest BCUT2D eigenvalue weighted by Crippen LogP contribution is 2.13. The lowest BCUT2D eigenvalue weighted by molar-refractivity contribution is -0.136. The van der Waals surface area contributed by atoms with Crippen LogP contribution >= 0.6 is 24.8 Å². The SMILES string of the molecule is Cl.Cl.O=C(O)CCc1cnc2ccccc2c1. The highest BCUT2D eigenvalue weighted by atomic mass is 35.5. The Bertz CT molecular complexity index is 503. The van der Waals surface area contributed by atoms with E-state index in [1.165, 1.54) is 0 Å². The Balaban J connectivity index is 0.00000128. The van der Waals surface area contributed by atoms with Gasteiger partial charge in [-0.05, 0) is 24.1 Å². The van der Waals surface area contributed by atoms with E-state index in [0.717, 1.165) is 16.5 Å². The second-order valence-corrected chi connectivity index (χ2v) is 3.43. The van der Waals surface area contributed by atoms with E-state index in [1.807, 2.05) is 30.3 Å². The fraction of sp³-hybridized carbons (Fsp3) is 0.167. The quantitative estimate of drug-likeness (QED) is 0.935. The van der Waals surface area contributed by atoms with E-state index >= 15 is 0 Å². The van der Waals surface area contributed by atoms with Crippen LogP contribution in [0.5, 0.6) is 0 Å². The van der Waals surface area contributed by atoms with Gasteiger partial charge in [0.2, 0.25) is 0 Å². The molecule has 0 fully saturated rings. The zero-order chi connectivity index (χ0) is 10.7. The number of aliphatic carboxylic acids is 1. The van der Waals surface area contributed by atoms with Crippen molar-refractivity contribution in [2.24, 2.45) is 0 Å². The Morgan fingerprint density at radius 3 is 2.65 bits per heavy atom. The molecule has 17 heavy (non-hydrogen) atoms. The number of nitrogens with zero attached hydrogens (tertiary/aromatic N) is 1. The topological polar surface area (TPSA) is 50.2 Å². The molecule has 1 aromatic carbocycles. The molecule has 1 aromatic heterocycles. The Morgan fingerprint density at radius 1 is 1.24 bits per heavy atom. The molecule has 0 bridgehead atoms. The molecule has 0 aliphatic carbocycles. The third-order valence-corrected chi connectivity index (χ3v) is 2.27. The number of aryl methyl sites for hydroxylation is 1. The maximum absolute atomic E-state index is 10.4. The molecule has 92 valence electrons. The van der Waals surface area contributed by atoms with Crippen LogP contribution in [-0.4, -0.2) is 16.1 Å². The zero-order valence-corrected chi connectivity index (χ0v) is 10.6. The molecule has 0 amide bonds. The number of halogens is 2. The van der Waals surface area contributed by atoms with Crippen molar-refractivity contribution in [3.8, 4) is 0 Å². The third kappa shape index (κ3) is 4.21. The van der Waals surface area contributed by atoms with Gasteiger partial charge < -0.3 is 5.11 Å². The number of pyridine rings is 1. The number of aromatic nitrogens is 1. The van der Waals surface area contributed by atoms with Crippen molar-refractivity contribution < 1.29 is 9.90 Å². The van der Waals surface area contributed by atoms with Gasteiger partial charge in [0.25, 0.3) is 0 Å². The van der Waals surface area contributed by atoms with Gasteiger partial charge in [0, 0.05) is 18.0 Å². The van der Waals surface area contributed by atoms with Crippen molar-refractivity contribution in [3.63, 3.8) is 0 Å². The Morgan fingerprint density at radius 2 is 1.94 bits per heavy atom. The molecule has 1 N–H and O–H groups in total. The number of para-hydroxylation sites is 1. The van der Waals surface area contributed by atoms with E-state index in [9.17, 15) is 4.79 Å². The van der Waals surface area contributed by atoms with Crippen molar-refractivity contribution >= 4 is 41.7 Å². The normalized spacial score (nSPS) is 9.18. The Kier molecular flexibility index (Phi) is 6.54. The molecule has 0 aliphatic rings. The number of rotatable bonds is 3. The molecule has 0 atom stereocenters. The van der Waals surface area contributed by atoms with Crippen LogP contribution in [0.2, 0.25) is 0 Å². The fourth-order valence-corrected chi connectivity index (χ4v) is 1.50. The van der Waals surface area contributed by atoms with Crippen LogP contribution in [0, 0.1) is 0 Å². The lowest BCUT2D eigenvalue weighted by Gasteiger charge is -2.00. The van der Waals surface area contributed by atoms with Gasteiger partial charge in [0.1, 0.15) is 0 Å². The molecular weight excluding hydrogens is 261 g/mol. The van der Waals surface area contributed by atoms with E-state index in [1.54, 1.807) is 6.20 Å². The number of hydrogen-bond acceptors (Lipinski definition) is 2. The maximum atomic E-state index is 10.4. The lowest BCUT2D eigenvalue weighted by atomic mass is 10.1. The summed E-state index contributed by atoms with van der Waals surface area (Å²) in [5, 5.41) is 9.62. The van der Waals surface area contributed by atoms with Gasteiger partial charge in [-0.15, -0.1) is 24.8 Å². The Hall–Kier alpha value is -1.32. The maximum Gasteiger partial charge on any atom is 0.303 e. The van der Waals surface area contributed by atoms with Crippen LogP contribution in [0.25, 0.3) is 10.9 Å². The van der Waals surface area contributed by atoms with Crippen LogP contribution < -0.4 is 0 Å². The molecule has 0 aliphatic heterocycles. The second kappa shape index (κ2) is 7.09. The standard InChI is InChI=1S/C12H11NO2.2ClH/c14-12(15)6-5-9-7-10-3-1-2-4-11(10)13-8-9;;/h1-4,7-8H,5-6H2,(H,14,15);2*1H. The molecule has 5 heteroatoms. The molecule has 0 radical (unpaired) electrons. The summed E-state index contributed by atoms with van der Waals surface area (Å²) in [7, 11) is 0. The largest absolute Gasteiger partial charge is 0.481 e. The first-order chi connectivity index (χ1) is 7.25. The van der Waals surface area contributed by atoms with E-state index in [-0.39, 0.29) is 31.2 Å². The van der Waals surface area contributed by atoms with Gasteiger partial charge in [0.15, 0.2) is 0 Å². The summed E-state index contributed by atoms with van der Waals surface area (Å²) in [5.41, 5.74) is 1.91. The van der Waals surface area contributed by atoms with Gasteiger partial charge in [-0.25, -0.2) is 0 Å². The average molecular weight is 274 g/mol. The van der Waals surface area contributed by atoms with E-state index < -0.39 is 5.97 Å². The summed E-state index contributed by atoms with van der Waals surface area (Å²) in [6, 6.07) is 9.80. The minimum Gasteiger partial charge on any atom is -0.481 e. The number of carbonyl (C=O) groups is 1. The molecule has 1 heterocycles. The molecule has 3 nitrogen and oxygen atoms in total. The fourth-order valence-electron chi connectivity index (χ4n) is 1.50. The van der Waals surface area contributed by atoms with Crippen molar-refractivity contribution in [3.05, 3.63) is 42.1 Å². The predicted octanol–water partition coefficient (Wildman–Crippen LogP) is 3.10. The molecular formula is C12H13Cl2NO2. The summed E-state index contributed by atoms with van der Waals surface area (Å²) >= 11 is 0. The molecule has 0 spiro atoms. The van der Waals surface area contributed by atoms with Crippen LogP contribution in [0.1, 0.15) is 12.0 Å². The number of carboxylic acid groups (broad SMARTS) is 1. The highest BCUT2D eigenvalue weighted by molar-refractivity contribution is 5.85. The first-order valence-corrected chi connectivity index (χ1v) is 4.81. The average Bonchev–Trinajstić information content (AvgIpc) is 2.26. The number of fused-ring (bicyclic) bond motifs is 1. The zero-order valence-electron chi connectivity index (χ0n) is 9.00. The molecule has 0 unspecified atom stereocenters. The number of benzene rings is 1. The molecule has 0 saturated carbocycles. The first kappa shape index (κ1) is 15.7. The van der Waals surface area contributed by atoms with Gasteiger partial charge in [-0.2, -0.15) is 0 Å². The van der Waals surface area contributed by atoms with Crippen LogP contribution in [0.4, 0.5) is 0 Å². The van der Waals surface area contributed by atoms with Crippen molar-refractivity contribution in [1.82, 2.24) is 4.98 Å². The van der Waals surface area contributed by atoms with E-state index in [0.29, 0.717) is 6.42 Å². The van der Waals surface area contributed by atoms with Gasteiger partial charge in [-0.3, -0.25) is 9.78 Å². The van der Waals surface area contributed by atoms with Gasteiger partial charge in [0.05, 0.1) is 5.52 Å². The van der Waals surface area contributed by atoms with Gasteiger partial charge >= 0.3 is 5.97 Å². The van der Waals surface area contributed by atoms with Crippen LogP contribution in [0.3, 0.4) is 0 Å². The summed E-state index contributed by atoms with van der Waals surface area (Å²) in [6.45, 7) is 0. The molecule has 0 saturated heterocycles. The summed E-state index contributed by atoms with van der Waals surface area (Å²) in [4.78, 5) is 14.7. The number of carboxylic acids is 1. The Labute approximate surface area is 112 Å². The number of hydrogen-bond donors (Lipinski definition) is 1. The summed E-state index contributed by atoms with van der Waals surface area (Å²) < 4.78 is 0. The van der Waals surface area contributed by atoms with E-state index in [2.05, 4.69) is 4.98 Å². The van der Waals surface area contributed by atoms with E-state index in [4.69, 9.17) is 5.11 Å². The van der Waals surface area contributed by atoms with Crippen LogP contribution in [-0.2, 0) is 11.2 Å². The molecule has 2 rings (SSSR count). The molecule has 2 aromatic rings. The van der Waals surface area contributed by atoms with Gasteiger partial charge in [-0.1, -0.05) is 18.2 Å². The lowest BCUT2D eigenvalue weighted by Crippen LogP contribution is -1.97. The first-order valence-electron chi connectivity index (χ1n) is 4.81. The van der Waals surface area contributed by atoms with Crippen molar-refractivity contribution in [2.45, 2.75) is 12.8 Å². The van der Waals surface area contributed by atoms with Crippen LogP contribution in [0.15, 0.2) is 36.5 Å². The second-order valence-electron chi connectivity index (χ2n) is 3.43. The summed E-state index contributed by atoms with van der Waals surface area (Å²) in [5.74, 6) is -0.775. The minimum absolute atomic E-state index is 0. The highest BCUT2D eigenvalue weighted by Gasteiger charge is 2.00. The van der Waals surface area contributed by atoms with Crippen molar-refractivity contribution in [2.75, 3.05) is 0 Å². The summed E-state index contributed by atoms with van der Waals surface area (Å²) in [6.07, 6.45) is 2.43. The smallest absolute Gasteiger partial charge is 0.303 e. The van der Waals surface area contributed by atoms with Crippen molar-refractivity contribution in [1.29, 1.82) is 0 Å². The monoisotopic (exact) mass is 273 g/mol. The minimum atomic E-state index is -0.775. The predicted molar refractivity (Wildman–Crippen MR) is 72.2 cm³/mol.